The molecular formula is C26H36O18. The highest BCUT2D eigenvalue weighted by Crippen LogP contribution is 2.34. The Labute approximate surface area is 251 Å². The Bertz CT molecular complexity index is 1090. The fourth-order valence-corrected chi connectivity index (χ4v) is 4.49. The summed E-state index contributed by atoms with van der Waals surface area (Å²) in [6.07, 6.45) is -16.3. The number of carbonyl (C=O) groups is 7. The number of ether oxygens (including phenoxy) is 10. The lowest BCUT2D eigenvalue weighted by molar-refractivity contribution is -0.357. The Hall–Kier alpha value is -3.87. The predicted molar refractivity (Wildman–Crippen MR) is 135 cm³/mol. The summed E-state index contributed by atoms with van der Waals surface area (Å²) in [6.45, 7) is 6.11. The van der Waals surface area contributed by atoms with Crippen molar-refractivity contribution in [3.8, 4) is 0 Å². The first-order chi connectivity index (χ1) is 20.5. The molecule has 10 atom stereocenters. The van der Waals surface area contributed by atoms with Crippen molar-refractivity contribution in [3.63, 3.8) is 0 Å². The van der Waals surface area contributed by atoms with Gasteiger partial charge in [0.25, 0.3) is 0 Å². The molecule has 0 aromatic carbocycles. The minimum atomic E-state index is -1.90. The second kappa shape index (κ2) is 16.3. The summed E-state index contributed by atoms with van der Waals surface area (Å²) in [7, 11) is 0. The van der Waals surface area contributed by atoms with Crippen LogP contribution in [0, 0.1) is 0 Å². The van der Waals surface area contributed by atoms with E-state index >= 15 is 0 Å². The Balaban J connectivity index is 2.66. The number of esters is 7. The minimum absolute atomic E-state index is 0.572. The number of hydrogen-bond donors (Lipinski definition) is 1. The van der Waals surface area contributed by atoms with Gasteiger partial charge in [-0.3, -0.25) is 33.6 Å². The summed E-state index contributed by atoms with van der Waals surface area (Å²) < 4.78 is 54.1. The number of hydrogen-bond acceptors (Lipinski definition) is 18. The van der Waals surface area contributed by atoms with E-state index in [1.54, 1.807) is 0 Å². The molecule has 0 saturated carbocycles. The van der Waals surface area contributed by atoms with Gasteiger partial charge in [0.05, 0.1) is 0 Å². The van der Waals surface area contributed by atoms with Gasteiger partial charge in [-0.05, 0) is 0 Å². The van der Waals surface area contributed by atoms with Crippen LogP contribution in [0.4, 0.5) is 0 Å². The quantitative estimate of drug-likeness (QED) is 0.203. The van der Waals surface area contributed by atoms with Crippen molar-refractivity contribution in [3.05, 3.63) is 0 Å². The van der Waals surface area contributed by atoms with Crippen LogP contribution in [0.15, 0.2) is 0 Å². The lowest BCUT2D eigenvalue weighted by Crippen LogP contribution is -2.67. The summed E-state index contributed by atoms with van der Waals surface area (Å²) in [4.78, 5) is 83.5. The topological polar surface area (TPSA) is 232 Å². The van der Waals surface area contributed by atoms with Crippen LogP contribution < -0.4 is 0 Å². The highest BCUT2D eigenvalue weighted by Gasteiger charge is 2.57. The third-order valence-electron chi connectivity index (χ3n) is 5.90. The van der Waals surface area contributed by atoms with Gasteiger partial charge in [-0.2, -0.15) is 0 Å². The lowest BCUT2D eigenvalue weighted by atomic mass is 9.96. The van der Waals surface area contributed by atoms with Crippen molar-refractivity contribution in [1.29, 1.82) is 0 Å². The van der Waals surface area contributed by atoms with E-state index in [4.69, 9.17) is 47.4 Å². The summed E-state index contributed by atoms with van der Waals surface area (Å²) in [5.74, 6) is -6.03. The number of rotatable bonds is 11. The second-order valence-corrected chi connectivity index (χ2v) is 9.68. The maximum atomic E-state index is 12.2. The van der Waals surface area contributed by atoms with E-state index in [0.717, 1.165) is 48.5 Å². The third kappa shape index (κ3) is 10.7. The van der Waals surface area contributed by atoms with Gasteiger partial charge in [-0.15, -0.1) is 0 Å². The number of carbonyl (C=O) groups excluding carboxylic acids is 7. The van der Waals surface area contributed by atoms with Gasteiger partial charge in [-0.25, -0.2) is 0 Å². The first-order valence-corrected chi connectivity index (χ1v) is 13.3. The SMILES string of the molecule is CC(=O)OC[C@H]1O[C@@H](O[C@H]2[C@H](OC(C)=O)[C@H](OC(C)=O)[C@@H](O)O[C@@H]2COC(C)=O)[C@@H](OC(C)=O)[C@@H](OC(C)=O)[C@@H]1OC(C)=O. The third-order valence-corrected chi connectivity index (χ3v) is 5.90. The van der Waals surface area contributed by atoms with E-state index in [1.807, 2.05) is 0 Å². The van der Waals surface area contributed by atoms with E-state index in [-0.39, 0.29) is 0 Å². The Morgan fingerprint density at radius 1 is 0.477 bits per heavy atom. The van der Waals surface area contributed by atoms with Crippen LogP contribution in [0.2, 0.25) is 0 Å². The van der Waals surface area contributed by atoms with Crippen LogP contribution in [-0.2, 0) is 80.9 Å². The molecule has 2 aliphatic rings. The maximum absolute atomic E-state index is 12.2. The molecule has 0 amide bonds. The minimum Gasteiger partial charge on any atom is -0.463 e. The molecule has 0 unspecified atom stereocenters. The van der Waals surface area contributed by atoms with Crippen LogP contribution in [0.3, 0.4) is 0 Å². The molecule has 0 radical (unpaired) electrons. The standard InChI is InChI=1S/C26H36O18/c1-10(27)35-8-17-20(21(38-13(4)30)23(25(34)42-17)40-15(6)32)44-26-24(41-16(7)33)22(39-14(5)31)19(37-12(3)29)18(43-26)9-36-11(2)28/h17-26,34H,8-9H2,1-7H3/t17-,18-,19-,20-,21+,22+,23+,24+,25+,26+/m1/s1. The van der Waals surface area contributed by atoms with Crippen LogP contribution in [-0.4, -0.2) is 122 Å². The summed E-state index contributed by atoms with van der Waals surface area (Å²) >= 11 is 0. The molecule has 2 fully saturated rings. The van der Waals surface area contributed by atoms with Crippen LogP contribution in [0.5, 0.6) is 0 Å². The molecule has 2 heterocycles. The van der Waals surface area contributed by atoms with Gasteiger partial charge in [0.1, 0.15) is 31.5 Å². The number of aliphatic hydroxyl groups is 1. The molecule has 0 aromatic rings. The number of aliphatic hydroxyl groups excluding tert-OH is 1. The fourth-order valence-electron chi connectivity index (χ4n) is 4.49. The van der Waals surface area contributed by atoms with E-state index in [0.29, 0.717) is 0 Å². The molecule has 0 aromatic heterocycles. The van der Waals surface area contributed by atoms with E-state index in [1.165, 1.54) is 0 Å². The molecule has 1 N–H and O–H groups in total. The first-order valence-electron chi connectivity index (χ1n) is 13.3. The average Bonchev–Trinajstić information content (AvgIpc) is 2.87. The van der Waals surface area contributed by atoms with Crippen molar-refractivity contribution >= 4 is 41.8 Å². The van der Waals surface area contributed by atoms with Gasteiger partial charge >= 0.3 is 41.8 Å². The van der Waals surface area contributed by atoms with E-state index < -0.39 is 116 Å². The van der Waals surface area contributed by atoms with E-state index in [2.05, 4.69) is 0 Å². The van der Waals surface area contributed by atoms with Crippen molar-refractivity contribution in [2.75, 3.05) is 13.2 Å². The van der Waals surface area contributed by atoms with Crippen LogP contribution in [0.1, 0.15) is 48.5 Å². The Morgan fingerprint density at radius 2 is 0.841 bits per heavy atom. The van der Waals surface area contributed by atoms with Crippen molar-refractivity contribution in [2.24, 2.45) is 0 Å². The molecule has 18 nitrogen and oxygen atoms in total. The average molecular weight is 637 g/mol. The lowest BCUT2D eigenvalue weighted by Gasteiger charge is -2.48. The van der Waals surface area contributed by atoms with E-state index in [9.17, 15) is 38.7 Å². The normalized spacial score (nSPS) is 31.5. The molecule has 2 aliphatic heterocycles. The van der Waals surface area contributed by atoms with Gasteiger partial charge in [-0.1, -0.05) is 0 Å². The van der Waals surface area contributed by atoms with Crippen LogP contribution in [0.25, 0.3) is 0 Å². The largest absolute Gasteiger partial charge is 0.463 e. The van der Waals surface area contributed by atoms with Crippen molar-refractivity contribution < 1.29 is 86.0 Å². The highest BCUT2D eigenvalue weighted by molar-refractivity contribution is 5.69. The zero-order chi connectivity index (χ0) is 33.3. The molecule has 2 rings (SSSR count). The van der Waals surface area contributed by atoms with Gasteiger partial charge in [0.2, 0.25) is 0 Å². The molecule has 248 valence electrons. The molecule has 0 spiro atoms. The molecular weight excluding hydrogens is 600 g/mol. The molecule has 0 aliphatic carbocycles. The second-order valence-electron chi connectivity index (χ2n) is 9.68. The molecule has 18 heteroatoms. The molecule has 44 heavy (non-hydrogen) atoms. The predicted octanol–water partition coefficient (Wildman–Crippen LogP) is -1.40. The summed E-state index contributed by atoms with van der Waals surface area (Å²) in [5.41, 5.74) is 0. The summed E-state index contributed by atoms with van der Waals surface area (Å²) in [5, 5.41) is 10.6. The first kappa shape index (κ1) is 36.3. The fraction of sp³-hybridized carbons (Fsp3) is 0.731. The smallest absolute Gasteiger partial charge is 0.303 e. The van der Waals surface area contributed by atoms with Gasteiger partial charge in [0, 0.05) is 48.5 Å². The highest BCUT2D eigenvalue weighted by atomic mass is 16.8. The summed E-state index contributed by atoms with van der Waals surface area (Å²) in [6, 6.07) is 0. The zero-order valence-electron chi connectivity index (χ0n) is 25.1. The molecule has 2 saturated heterocycles. The molecule has 0 bridgehead atoms. The maximum Gasteiger partial charge on any atom is 0.303 e. The monoisotopic (exact) mass is 636 g/mol. The van der Waals surface area contributed by atoms with Gasteiger partial charge in [0.15, 0.2) is 43.1 Å². The van der Waals surface area contributed by atoms with Crippen molar-refractivity contribution in [2.45, 2.75) is 110 Å². The zero-order valence-corrected chi connectivity index (χ0v) is 25.1. The Morgan fingerprint density at radius 3 is 1.27 bits per heavy atom. The Kier molecular flexibility index (Phi) is 13.4. The van der Waals surface area contributed by atoms with Gasteiger partial charge < -0.3 is 52.5 Å². The van der Waals surface area contributed by atoms with Crippen molar-refractivity contribution in [1.82, 2.24) is 0 Å². The van der Waals surface area contributed by atoms with Crippen LogP contribution >= 0.6 is 0 Å².